The van der Waals surface area contributed by atoms with Crippen LogP contribution in [0, 0.1) is 5.92 Å². The Labute approximate surface area is 101 Å². The number of alkyl halides is 1. The smallest absolute Gasteiger partial charge is 0.305 e. The maximum absolute atomic E-state index is 10.9. The lowest BCUT2D eigenvalue weighted by molar-refractivity contribution is -0.140. The van der Waals surface area contributed by atoms with E-state index in [0.29, 0.717) is 23.3 Å². The van der Waals surface area contributed by atoms with E-state index in [4.69, 9.17) is 23.2 Å². The average molecular weight is 251 g/mol. The van der Waals surface area contributed by atoms with Crippen LogP contribution < -0.4 is 0 Å². The second-order valence-corrected chi connectivity index (χ2v) is 3.94. The van der Waals surface area contributed by atoms with Crippen LogP contribution in [0.3, 0.4) is 0 Å². The molecule has 0 aromatic heterocycles. The van der Waals surface area contributed by atoms with E-state index < -0.39 is 0 Å². The van der Waals surface area contributed by atoms with Gasteiger partial charge in [0.05, 0.1) is 7.11 Å². The van der Waals surface area contributed by atoms with Crippen LogP contribution in [-0.4, -0.2) is 19.0 Å². The van der Waals surface area contributed by atoms with Gasteiger partial charge in [0.1, 0.15) is 0 Å². The lowest BCUT2D eigenvalue weighted by Crippen LogP contribution is -2.02. The first-order valence-electron chi connectivity index (χ1n) is 4.76. The number of carbonyl (C=O) groups is 1. The first kappa shape index (κ1) is 14.5. The third-order valence-electron chi connectivity index (χ3n) is 1.89. The number of allylic oxidation sites excluding steroid dienone is 4. The third-order valence-corrected chi connectivity index (χ3v) is 2.32. The first-order valence-corrected chi connectivity index (χ1v) is 5.68. The van der Waals surface area contributed by atoms with Crippen molar-refractivity contribution in [1.29, 1.82) is 0 Å². The van der Waals surface area contributed by atoms with Gasteiger partial charge in [-0.25, -0.2) is 0 Å². The summed E-state index contributed by atoms with van der Waals surface area (Å²) in [6, 6.07) is 0. The third kappa shape index (κ3) is 8.52. The molecule has 0 fully saturated rings. The fourth-order valence-electron chi connectivity index (χ4n) is 0.942. The molecule has 2 nitrogen and oxygen atoms in total. The highest BCUT2D eigenvalue weighted by atomic mass is 35.5. The van der Waals surface area contributed by atoms with Crippen LogP contribution >= 0.6 is 23.2 Å². The molecule has 0 aliphatic heterocycles. The quantitative estimate of drug-likeness (QED) is 0.410. The molecule has 0 bridgehead atoms. The minimum absolute atomic E-state index is 0.183. The molecule has 0 spiro atoms. The molecule has 0 saturated carbocycles. The zero-order valence-electron chi connectivity index (χ0n) is 9.00. The molecule has 0 saturated heterocycles. The standard InChI is InChI=1S/C11H16Cl2O2/c1-9(4-6-11(14)15-2)3-5-10(13)7-8-12/h3,5,7,9H,4,6,8H2,1-2H3/b5-3-,10-7+. The molecular formula is C11H16Cl2O2. The lowest BCUT2D eigenvalue weighted by atomic mass is 10.1. The summed E-state index contributed by atoms with van der Waals surface area (Å²) in [5, 5.41) is 0.620. The fourth-order valence-corrected chi connectivity index (χ4v) is 1.34. The summed E-state index contributed by atoms with van der Waals surface area (Å²) in [7, 11) is 1.39. The average Bonchev–Trinajstić information content (AvgIpc) is 2.23. The number of ether oxygens (including phenoxy) is 1. The predicted molar refractivity (Wildman–Crippen MR) is 64.2 cm³/mol. The van der Waals surface area contributed by atoms with Gasteiger partial charge < -0.3 is 4.74 Å². The number of halogens is 2. The van der Waals surface area contributed by atoms with Crippen molar-refractivity contribution in [3.8, 4) is 0 Å². The molecule has 0 aromatic carbocycles. The van der Waals surface area contributed by atoms with E-state index in [0.717, 1.165) is 6.42 Å². The fraction of sp³-hybridized carbons (Fsp3) is 0.545. The highest BCUT2D eigenvalue weighted by molar-refractivity contribution is 6.31. The molecule has 15 heavy (non-hydrogen) atoms. The molecule has 4 heteroatoms. The molecule has 0 N–H and O–H groups in total. The van der Waals surface area contributed by atoms with Crippen molar-refractivity contribution in [3.05, 3.63) is 23.3 Å². The number of hydrogen-bond donors (Lipinski definition) is 0. The molecule has 1 unspecified atom stereocenters. The monoisotopic (exact) mass is 250 g/mol. The number of esters is 1. The molecular weight excluding hydrogens is 235 g/mol. The molecule has 0 amide bonds. The molecule has 0 aromatic rings. The Hall–Kier alpha value is -0.470. The number of hydrogen-bond acceptors (Lipinski definition) is 2. The molecule has 0 rings (SSSR count). The van der Waals surface area contributed by atoms with Crippen LogP contribution in [0.15, 0.2) is 23.3 Å². The summed E-state index contributed by atoms with van der Waals surface area (Å²) in [5.41, 5.74) is 0. The summed E-state index contributed by atoms with van der Waals surface area (Å²) >= 11 is 11.3. The summed E-state index contributed by atoms with van der Waals surface area (Å²) in [4.78, 5) is 10.9. The Kier molecular flexibility index (Phi) is 8.53. The van der Waals surface area contributed by atoms with Gasteiger partial charge in [-0.05, 0) is 18.4 Å². The van der Waals surface area contributed by atoms with E-state index >= 15 is 0 Å². The van der Waals surface area contributed by atoms with Crippen LogP contribution in [0.25, 0.3) is 0 Å². The summed E-state index contributed by atoms with van der Waals surface area (Å²) in [6.07, 6.45) is 6.65. The van der Waals surface area contributed by atoms with Gasteiger partial charge in [0.25, 0.3) is 0 Å². The van der Waals surface area contributed by atoms with Crippen molar-refractivity contribution >= 4 is 29.2 Å². The van der Waals surface area contributed by atoms with Gasteiger partial charge in [-0.15, -0.1) is 11.6 Å². The van der Waals surface area contributed by atoms with E-state index in [1.54, 1.807) is 12.2 Å². The number of methoxy groups -OCH3 is 1. The van der Waals surface area contributed by atoms with Gasteiger partial charge in [-0.2, -0.15) is 0 Å². The Morgan fingerprint density at radius 2 is 2.20 bits per heavy atom. The normalized spacial score (nSPS) is 14.3. The highest BCUT2D eigenvalue weighted by Gasteiger charge is 2.03. The summed E-state index contributed by atoms with van der Waals surface area (Å²) < 4.78 is 4.55. The molecule has 1 atom stereocenters. The Morgan fingerprint density at radius 3 is 2.73 bits per heavy atom. The number of carbonyl (C=O) groups excluding carboxylic acids is 1. The Morgan fingerprint density at radius 1 is 1.53 bits per heavy atom. The molecule has 0 aliphatic carbocycles. The van der Waals surface area contributed by atoms with E-state index in [1.165, 1.54) is 7.11 Å². The van der Waals surface area contributed by atoms with Crippen LogP contribution in [0.1, 0.15) is 19.8 Å². The predicted octanol–water partition coefficient (Wildman–Crippen LogP) is 3.49. The lowest BCUT2D eigenvalue weighted by Gasteiger charge is -2.04. The summed E-state index contributed by atoms with van der Waals surface area (Å²) in [5.74, 6) is 0.513. The highest BCUT2D eigenvalue weighted by Crippen LogP contribution is 2.11. The van der Waals surface area contributed by atoms with Gasteiger partial charge in [0, 0.05) is 17.3 Å². The second-order valence-electron chi connectivity index (χ2n) is 3.19. The molecule has 0 aliphatic rings. The van der Waals surface area contributed by atoms with Crippen molar-refractivity contribution in [2.45, 2.75) is 19.8 Å². The van der Waals surface area contributed by atoms with Gasteiger partial charge >= 0.3 is 5.97 Å². The van der Waals surface area contributed by atoms with E-state index in [1.807, 2.05) is 13.0 Å². The maximum atomic E-state index is 10.9. The second kappa shape index (κ2) is 8.81. The van der Waals surface area contributed by atoms with Crippen LogP contribution in [0.5, 0.6) is 0 Å². The van der Waals surface area contributed by atoms with E-state index in [-0.39, 0.29) is 5.97 Å². The van der Waals surface area contributed by atoms with E-state index in [9.17, 15) is 4.79 Å². The molecule has 0 heterocycles. The Balaban J connectivity index is 3.87. The van der Waals surface area contributed by atoms with Crippen molar-refractivity contribution in [2.75, 3.05) is 13.0 Å². The van der Waals surface area contributed by atoms with Crippen LogP contribution in [0.2, 0.25) is 0 Å². The topological polar surface area (TPSA) is 26.3 Å². The van der Waals surface area contributed by atoms with Crippen molar-refractivity contribution in [1.82, 2.24) is 0 Å². The number of rotatable bonds is 6. The maximum Gasteiger partial charge on any atom is 0.305 e. The van der Waals surface area contributed by atoms with E-state index in [2.05, 4.69) is 4.74 Å². The van der Waals surface area contributed by atoms with Crippen molar-refractivity contribution < 1.29 is 9.53 Å². The SMILES string of the molecule is COC(=O)CCC(C)/C=C\C(Cl)=C/CCl. The first-order chi connectivity index (χ1) is 7.10. The minimum Gasteiger partial charge on any atom is -0.469 e. The van der Waals surface area contributed by atoms with Crippen LogP contribution in [0.4, 0.5) is 0 Å². The molecule has 0 radical (unpaired) electrons. The van der Waals surface area contributed by atoms with Crippen molar-refractivity contribution in [2.24, 2.45) is 5.92 Å². The zero-order chi connectivity index (χ0) is 11.7. The zero-order valence-corrected chi connectivity index (χ0v) is 10.5. The van der Waals surface area contributed by atoms with Crippen LogP contribution in [-0.2, 0) is 9.53 Å². The van der Waals surface area contributed by atoms with Gasteiger partial charge in [0.2, 0.25) is 0 Å². The molecule has 86 valence electrons. The largest absolute Gasteiger partial charge is 0.469 e. The minimum atomic E-state index is -0.183. The van der Waals surface area contributed by atoms with Gasteiger partial charge in [-0.3, -0.25) is 4.79 Å². The van der Waals surface area contributed by atoms with Gasteiger partial charge in [0.15, 0.2) is 0 Å². The van der Waals surface area contributed by atoms with Gasteiger partial charge in [-0.1, -0.05) is 30.7 Å². The van der Waals surface area contributed by atoms with Crippen molar-refractivity contribution in [3.63, 3.8) is 0 Å². The Bertz CT molecular complexity index is 247. The summed E-state index contributed by atoms with van der Waals surface area (Å²) in [6.45, 7) is 2.02.